The number of carbonyl (C=O) groups excluding carboxylic acids is 1. The minimum Gasteiger partial charge on any atom is -0.376 e. The van der Waals surface area contributed by atoms with Gasteiger partial charge in [-0.05, 0) is 37.1 Å². The number of nitrogens with one attached hydrogen (secondary N) is 1. The van der Waals surface area contributed by atoms with Crippen LogP contribution >= 0.6 is 11.6 Å². The first kappa shape index (κ1) is 16.6. The standard InChI is InChI=1S/C17H22ClN3O/c1-3-9-21(10-4-2)17(22)12-20-15-7-8-19-16-11-13(18)5-6-14(15)16/h5-8,11H,3-4,9-10,12H2,1-2H3,(H,19,20). The highest BCUT2D eigenvalue weighted by molar-refractivity contribution is 6.31. The molecule has 2 rings (SSSR count). The summed E-state index contributed by atoms with van der Waals surface area (Å²) in [5.41, 5.74) is 1.73. The molecule has 0 saturated carbocycles. The number of hydrogen-bond acceptors (Lipinski definition) is 3. The number of anilines is 1. The molecule has 0 spiro atoms. The minimum atomic E-state index is 0.127. The number of benzene rings is 1. The summed E-state index contributed by atoms with van der Waals surface area (Å²) in [6.07, 6.45) is 3.67. The molecule has 0 bridgehead atoms. The van der Waals surface area contributed by atoms with E-state index in [-0.39, 0.29) is 5.91 Å². The van der Waals surface area contributed by atoms with Gasteiger partial charge in [-0.25, -0.2) is 0 Å². The smallest absolute Gasteiger partial charge is 0.241 e. The fourth-order valence-electron chi connectivity index (χ4n) is 2.46. The van der Waals surface area contributed by atoms with Crippen molar-refractivity contribution < 1.29 is 4.79 Å². The zero-order valence-corrected chi connectivity index (χ0v) is 13.9. The van der Waals surface area contributed by atoms with Crippen LogP contribution in [0.2, 0.25) is 5.02 Å². The zero-order valence-electron chi connectivity index (χ0n) is 13.1. The summed E-state index contributed by atoms with van der Waals surface area (Å²) in [6, 6.07) is 7.46. The average Bonchev–Trinajstić information content (AvgIpc) is 2.52. The van der Waals surface area contributed by atoms with Crippen LogP contribution in [0.15, 0.2) is 30.5 Å². The van der Waals surface area contributed by atoms with Gasteiger partial charge in [0.05, 0.1) is 12.1 Å². The van der Waals surface area contributed by atoms with Gasteiger partial charge in [0.1, 0.15) is 0 Å². The molecule has 118 valence electrons. The van der Waals surface area contributed by atoms with E-state index in [4.69, 9.17) is 11.6 Å². The molecule has 5 heteroatoms. The summed E-state index contributed by atoms with van der Waals surface area (Å²) >= 11 is 5.99. The Labute approximate surface area is 136 Å². The van der Waals surface area contributed by atoms with E-state index in [2.05, 4.69) is 24.1 Å². The number of nitrogens with zero attached hydrogens (tertiary/aromatic N) is 2. The lowest BCUT2D eigenvalue weighted by Gasteiger charge is -2.22. The minimum absolute atomic E-state index is 0.127. The number of hydrogen-bond donors (Lipinski definition) is 1. The van der Waals surface area contributed by atoms with E-state index < -0.39 is 0 Å². The Kier molecular flexibility index (Phi) is 6.01. The number of fused-ring (bicyclic) bond motifs is 1. The van der Waals surface area contributed by atoms with E-state index >= 15 is 0 Å². The molecule has 0 fully saturated rings. The maximum Gasteiger partial charge on any atom is 0.241 e. The highest BCUT2D eigenvalue weighted by Gasteiger charge is 2.12. The number of amides is 1. The molecule has 0 aliphatic rings. The van der Waals surface area contributed by atoms with Crippen molar-refractivity contribution in [3.05, 3.63) is 35.5 Å². The number of carbonyl (C=O) groups is 1. The second-order valence-corrected chi connectivity index (χ2v) is 5.69. The molecule has 1 heterocycles. The van der Waals surface area contributed by atoms with E-state index in [0.29, 0.717) is 11.6 Å². The summed E-state index contributed by atoms with van der Waals surface area (Å²) in [6.45, 7) is 6.08. The molecule has 0 saturated heterocycles. The third-order valence-electron chi connectivity index (χ3n) is 3.47. The van der Waals surface area contributed by atoms with Crippen molar-refractivity contribution in [1.29, 1.82) is 0 Å². The van der Waals surface area contributed by atoms with Crippen LogP contribution in [-0.4, -0.2) is 35.4 Å². The first-order chi connectivity index (χ1) is 10.7. The van der Waals surface area contributed by atoms with Crippen LogP contribution in [0.25, 0.3) is 10.9 Å². The topological polar surface area (TPSA) is 45.2 Å². The lowest BCUT2D eigenvalue weighted by Crippen LogP contribution is -2.36. The van der Waals surface area contributed by atoms with Crippen LogP contribution < -0.4 is 5.32 Å². The van der Waals surface area contributed by atoms with Crippen LogP contribution in [0.4, 0.5) is 5.69 Å². The molecule has 1 aromatic carbocycles. The summed E-state index contributed by atoms with van der Waals surface area (Å²) in [4.78, 5) is 18.5. The van der Waals surface area contributed by atoms with Crippen molar-refractivity contribution in [2.75, 3.05) is 25.0 Å². The predicted molar refractivity (Wildman–Crippen MR) is 92.4 cm³/mol. The molecule has 1 N–H and O–H groups in total. The van der Waals surface area contributed by atoms with Gasteiger partial charge in [0.15, 0.2) is 0 Å². The van der Waals surface area contributed by atoms with E-state index in [1.807, 2.05) is 29.2 Å². The molecule has 0 unspecified atom stereocenters. The third-order valence-corrected chi connectivity index (χ3v) is 3.71. The van der Waals surface area contributed by atoms with Crippen LogP contribution in [0.1, 0.15) is 26.7 Å². The van der Waals surface area contributed by atoms with Gasteiger partial charge < -0.3 is 10.2 Å². The molecular weight excluding hydrogens is 298 g/mol. The number of aromatic nitrogens is 1. The van der Waals surface area contributed by atoms with Crippen molar-refractivity contribution in [2.45, 2.75) is 26.7 Å². The molecular formula is C17H22ClN3O. The van der Waals surface area contributed by atoms with Gasteiger partial charge in [0.2, 0.25) is 5.91 Å². The van der Waals surface area contributed by atoms with Gasteiger partial charge in [-0.2, -0.15) is 0 Å². The SMILES string of the molecule is CCCN(CCC)C(=O)CNc1ccnc2cc(Cl)ccc12. The molecule has 1 aromatic heterocycles. The van der Waals surface area contributed by atoms with E-state index in [9.17, 15) is 4.79 Å². The Morgan fingerprint density at radius 2 is 1.95 bits per heavy atom. The fourth-order valence-corrected chi connectivity index (χ4v) is 2.63. The lowest BCUT2D eigenvalue weighted by molar-refractivity contribution is -0.129. The van der Waals surface area contributed by atoms with Gasteiger partial charge in [-0.3, -0.25) is 9.78 Å². The summed E-state index contributed by atoms with van der Waals surface area (Å²) in [5.74, 6) is 0.127. The van der Waals surface area contributed by atoms with E-state index in [1.165, 1.54) is 0 Å². The number of pyridine rings is 1. The van der Waals surface area contributed by atoms with E-state index in [1.54, 1.807) is 6.20 Å². The Balaban J connectivity index is 2.09. The highest BCUT2D eigenvalue weighted by Crippen LogP contribution is 2.24. The van der Waals surface area contributed by atoms with Gasteiger partial charge in [-0.1, -0.05) is 25.4 Å². The van der Waals surface area contributed by atoms with Crippen molar-refractivity contribution >= 4 is 34.1 Å². The van der Waals surface area contributed by atoms with Gasteiger partial charge in [-0.15, -0.1) is 0 Å². The average molecular weight is 320 g/mol. The Morgan fingerprint density at radius 3 is 2.64 bits per heavy atom. The van der Waals surface area contributed by atoms with Crippen molar-refractivity contribution in [2.24, 2.45) is 0 Å². The second kappa shape index (κ2) is 7.99. The van der Waals surface area contributed by atoms with Gasteiger partial charge in [0, 0.05) is 35.4 Å². The summed E-state index contributed by atoms with van der Waals surface area (Å²) in [7, 11) is 0. The van der Waals surface area contributed by atoms with Crippen molar-refractivity contribution in [3.63, 3.8) is 0 Å². The highest BCUT2D eigenvalue weighted by atomic mass is 35.5. The van der Waals surface area contributed by atoms with Crippen LogP contribution in [0.3, 0.4) is 0 Å². The number of halogens is 1. The second-order valence-electron chi connectivity index (χ2n) is 5.25. The third kappa shape index (κ3) is 4.10. The monoisotopic (exact) mass is 319 g/mol. The van der Waals surface area contributed by atoms with Gasteiger partial charge in [0.25, 0.3) is 0 Å². The van der Waals surface area contributed by atoms with Crippen molar-refractivity contribution in [3.8, 4) is 0 Å². The number of rotatable bonds is 7. The van der Waals surface area contributed by atoms with Crippen LogP contribution in [-0.2, 0) is 4.79 Å². The normalized spacial score (nSPS) is 10.7. The Morgan fingerprint density at radius 1 is 1.23 bits per heavy atom. The first-order valence-electron chi connectivity index (χ1n) is 7.71. The zero-order chi connectivity index (χ0) is 15.9. The maximum absolute atomic E-state index is 12.3. The summed E-state index contributed by atoms with van der Waals surface area (Å²) < 4.78 is 0. The van der Waals surface area contributed by atoms with Crippen LogP contribution in [0, 0.1) is 0 Å². The molecule has 2 aromatic rings. The van der Waals surface area contributed by atoms with Gasteiger partial charge >= 0.3 is 0 Å². The predicted octanol–water partition coefficient (Wildman–Crippen LogP) is 3.95. The molecule has 0 atom stereocenters. The molecule has 0 radical (unpaired) electrons. The molecule has 22 heavy (non-hydrogen) atoms. The van der Waals surface area contributed by atoms with Crippen LogP contribution in [0.5, 0.6) is 0 Å². The lowest BCUT2D eigenvalue weighted by atomic mass is 10.2. The fraction of sp³-hybridized carbons (Fsp3) is 0.412. The molecule has 4 nitrogen and oxygen atoms in total. The Bertz CT molecular complexity index is 639. The molecule has 0 aliphatic carbocycles. The summed E-state index contributed by atoms with van der Waals surface area (Å²) in [5, 5.41) is 4.86. The molecule has 0 aliphatic heterocycles. The van der Waals surface area contributed by atoms with Crippen molar-refractivity contribution in [1.82, 2.24) is 9.88 Å². The molecule has 1 amide bonds. The quantitative estimate of drug-likeness (QED) is 0.840. The first-order valence-corrected chi connectivity index (χ1v) is 8.09. The van der Waals surface area contributed by atoms with E-state index in [0.717, 1.165) is 42.5 Å². The Hall–Kier alpha value is -1.81. The maximum atomic E-state index is 12.3. The largest absolute Gasteiger partial charge is 0.376 e.